The molecule has 0 bridgehead atoms. The lowest BCUT2D eigenvalue weighted by Crippen LogP contribution is -2.44. The fourth-order valence-corrected chi connectivity index (χ4v) is 3.53. The lowest BCUT2D eigenvalue weighted by molar-refractivity contribution is -0.118. The van der Waals surface area contributed by atoms with Gasteiger partial charge in [-0.05, 0) is 54.8 Å². The third-order valence-corrected chi connectivity index (χ3v) is 5.39. The molecule has 1 atom stereocenters. The highest BCUT2D eigenvalue weighted by atomic mass is 35.5. The minimum absolute atomic E-state index is 0.291. The molecule has 0 radical (unpaired) electrons. The average Bonchev–Trinajstić information content (AvgIpc) is 2.66. The SMILES string of the molecule is CSCCC(NC(=O)c1ccccc1Cl)C(=O)Nc1ccc(SC(F)F)cc1. The van der Waals surface area contributed by atoms with Crippen molar-refractivity contribution in [2.24, 2.45) is 0 Å². The molecule has 0 aliphatic carbocycles. The van der Waals surface area contributed by atoms with Crippen LogP contribution in [0.25, 0.3) is 0 Å². The van der Waals surface area contributed by atoms with Gasteiger partial charge in [0.25, 0.3) is 11.7 Å². The van der Waals surface area contributed by atoms with E-state index >= 15 is 0 Å². The topological polar surface area (TPSA) is 58.2 Å². The zero-order chi connectivity index (χ0) is 20.5. The molecule has 9 heteroatoms. The van der Waals surface area contributed by atoms with Crippen LogP contribution < -0.4 is 10.6 Å². The Morgan fingerprint density at radius 3 is 2.39 bits per heavy atom. The predicted molar refractivity (Wildman–Crippen MR) is 113 cm³/mol. The summed E-state index contributed by atoms with van der Waals surface area (Å²) in [5.74, 6) is -2.65. The quantitative estimate of drug-likeness (QED) is 0.525. The summed E-state index contributed by atoms with van der Waals surface area (Å²) < 4.78 is 24.8. The van der Waals surface area contributed by atoms with Crippen LogP contribution in [0, 0.1) is 0 Å². The maximum Gasteiger partial charge on any atom is 0.288 e. The van der Waals surface area contributed by atoms with Gasteiger partial charge in [0, 0.05) is 10.6 Å². The molecule has 0 aliphatic rings. The van der Waals surface area contributed by atoms with E-state index in [4.69, 9.17) is 11.6 Å². The molecule has 1 unspecified atom stereocenters. The molecule has 0 aromatic heterocycles. The normalized spacial score (nSPS) is 11.9. The fraction of sp³-hybridized carbons (Fsp3) is 0.263. The van der Waals surface area contributed by atoms with Gasteiger partial charge in [-0.25, -0.2) is 0 Å². The van der Waals surface area contributed by atoms with Crippen LogP contribution in [0.4, 0.5) is 14.5 Å². The van der Waals surface area contributed by atoms with Crippen LogP contribution in [0.2, 0.25) is 5.02 Å². The molecule has 4 nitrogen and oxygen atoms in total. The first kappa shape index (κ1) is 22.5. The fourth-order valence-electron chi connectivity index (χ4n) is 2.33. The van der Waals surface area contributed by atoms with Gasteiger partial charge < -0.3 is 10.6 Å². The van der Waals surface area contributed by atoms with E-state index in [1.54, 1.807) is 48.2 Å². The van der Waals surface area contributed by atoms with E-state index in [0.29, 0.717) is 45.1 Å². The van der Waals surface area contributed by atoms with Crippen LogP contribution in [0.3, 0.4) is 0 Å². The van der Waals surface area contributed by atoms with Crippen LogP contribution in [0.5, 0.6) is 0 Å². The molecule has 0 aliphatic heterocycles. The number of hydrogen-bond acceptors (Lipinski definition) is 4. The average molecular weight is 445 g/mol. The van der Waals surface area contributed by atoms with Gasteiger partial charge in [0.05, 0.1) is 10.6 Å². The summed E-state index contributed by atoms with van der Waals surface area (Å²) in [4.78, 5) is 25.5. The van der Waals surface area contributed by atoms with Crippen LogP contribution in [-0.2, 0) is 4.79 Å². The summed E-state index contributed by atoms with van der Waals surface area (Å²) in [6.07, 6.45) is 2.34. The number of alkyl halides is 2. The van der Waals surface area contributed by atoms with E-state index in [1.165, 1.54) is 12.1 Å². The first-order valence-electron chi connectivity index (χ1n) is 8.30. The van der Waals surface area contributed by atoms with E-state index in [9.17, 15) is 18.4 Å². The lowest BCUT2D eigenvalue weighted by Gasteiger charge is -2.18. The van der Waals surface area contributed by atoms with Crippen molar-refractivity contribution in [3.05, 3.63) is 59.1 Å². The summed E-state index contributed by atoms with van der Waals surface area (Å²) in [6, 6.07) is 11.9. The Morgan fingerprint density at radius 2 is 1.79 bits per heavy atom. The second kappa shape index (κ2) is 11.3. The van der Waals surface area contributed by atoms with Gasteiger partial charge in [-0.2, -0.15) is 20.5 Å². The third kappa shape index (κ3) is 7.00. The van der Waals surface area contributed by atoms with Crippen LogP contribution in [-0.4, -0.2) is 35.6 Å². The van der Waals surface area contributed by atoms with Gasteiger partial charge in [-0.1, -0.05) is 35.5 Å². The first-order chi connectivity index (χ1) is 13.4. The van der Waals surface area contributed by atoms with Crippen molar-refractivity contribution in [3.8, 4) is 0 Å². The van der Waals surface area contributed by atoms with E-state index in [1.807, 2.05) is 6.26 Å². The highest BCUT2D eigenvalue weighted by molar-refractivity contribution is 7.99. The van der Waals surface area contributed by atoms with Crippen molar-refractivity contribution in [3.63, 3.8) is 0 Å². The Morgan fingerprint density at radius 1 is 1.11 bits per heavy atom. The number of thioether (sulfide) groups is 2. The van der Waals surface area contributed by atoms with Gasteiger partial charge >= 0.3 is 0 Å². The van der Waals surface area contributed by atoms with Crippen molar-refractivity contribution in [2.45, 2.75) is 23.1 Å². The van der Waals surface area contributed by atoms with E-state index in [0.717, 1.165) is 0 Å². The first-order valence-corrected chi connectivity index (χ1v) is 11.0. The van der Waals surface area contributed by atoms with Crippen LogP contribution >= 0.6 is 35.1 Å². The summed E-state index contributed by atoms with van der Waals surface area (Å²) in [6.45, 7) is 0. The van der Waals surface area contributed by atoms with Gasteiger partial charge in [-0.15, -0.1) is 0 Å². The number of carbonyl (C=O) groups excluding carboxylic acids is 2. The number of amides is 2. The molecular weight excluding hydrogens is 426 g/mol. The van der Waals surface area contributed by atoms with E-state index < -0.39 is 17.7 Å². The number of hydrogen-bond donors (Lipinski definition) is 2. The molecule has 0 spiro atoms. The minimum Gasteiger partial charge on any atom is -0.340 e. The van der Waals surface area contributed by atoms with Crippen LogP contribution in [0.1, 0.15) is 16.8 Å². The molecule has 28 heavy (non-hydrogen) atoms. The Hall–Kier alpha value is -1.77. The van der Waals surface area contributed by atoms with Crippen molar-refractivity contribution >= 4 is 52.6 Å². The number of benzene rings is 2. The Balaban J connectivity index is 2.06. The second-order valence-electron chi connectivity index (χ2n) is 5.68. The monoisotopic (exact) mass is 444 g/mol. The highest BCUT2D eigenvalue weighted by Gasteiger charge is 2.22. The molecule has 2 aromatic carbocycles. The van der Waals surface area contributed by atoms with Crippen molar-refractivity contribution in [2.75, 3.05) is 17.3 Å². The smallest absolute Gasteiger partial charge is 0.288 e. The number of anilines is 1. The highest BCUT2D eigenvalue weighted by Crippen LogP contribution is 2.26. The summed E-state index contributed by atoms with van der Waals surface area (Å²) in [7, 11) is 0. The minimum atomic E-state index is -2.50. The maximum atomic E-state index is 12.6. The number of carbonyl (C=O) groups is 2. The number of nitrogens with one attached hydrogen (secondary N) is 2. The molecule has 150 valence electrons. The van der Waals surface area contributed by atoms with E-state index in [2.05, 4.69) is 10.6 Å². The molecule has 2 amide bonds. The lowest BCUT2D eigenvalue weighted by atomic mass is 10.1. The molecule has 2 aromatic rings. The van der Waals surface area contributed by atoms with Crippen molar-refractivity contribution in [1.29, 1.82) is 0 Å². The Labute approximate surface area is 175 Å². The van der Waals surface area contributed by atoms with Gasteiger partial charge in [0.1, 0.15) is 6.04 Å². The summed E-state index contributed by atoms with van der Waals surface area (Å²) >= 11 is 8.03. The van der Waals surface area contributed by atoms with Gasteiger partial charge in [0.2, 0.25) is 5.91 Å². The zero-order valence-electron chi connectivity index (χ0n) is 15.0. The third-order valence-electron chi connectivity index (χ3n) is 3.70. The van der Waals surface area contributed by atoms with Crippen molar-refractivity contribution < 1.29 is 18.4 Å². The largest absolute Gasteiger partial charge is 0.340 e. The molecule has 0 fully saturated rings. The zero-order valence-corrected chi connectivity index (χ0v) is 17.3. The number of halogens is 3. The van der Waals surface area contributed by atoms with Crippen LogP contribution in [0.15, 0.2) is 53.4 Å². The maximum absolute atomic E-state index is 12.6. The number of rotatable bonds is 9. The predicted octanol–water partition coefficient (Wildman–Crippen LogP) is 5.14. The van der Waals surface area contributed by atoms with Gasteiger partial charge in [-0.3, -0.25) is 9.59 Å². The molecule has 2 rings (SSSR count). The standard InChI is InChI=1S/C19H19ClF2N2O2S2/c1-27-11-10-16(24-17(25)14-4-2-3-5-15(14)20)18(26)23-12-6-8-13(9-7-12)28-19(21)22/h2-9,16,19H,10-11H2,1H3,(H,23,26)(H,24,25). The van der Waals surface area contributed by atoms with Gasteiger partial charge in [0.15, 0.2) is 0 Å². The summed E-state index contributed by atoms with van der Waals surface area (Å²) in [5, 5.41) is 5.73. The molecule has 0 saturated carbocycles. The summed E-state index contributed by atoms with van der Waals surface area (Å²) in [5.41, 5.74) is 0.754. The van der Waals surface area contributed by atoms with E-state index in [-0.39, 0.29) is 5.91 Å². The molecule has 2 N–H and O–H groups in total. The van der Waals surface area contributed by atoms with Crippen molar-refractivity contribution in [1.82, 2.24) is 5.32 Å². The molecule has 0 heterocycles. The second-order valence-corrected chi connectivity index (χ2v) is 8.14. The molecule has 0 saturated heterocycles. The molecular formula is C19H19ClF2N2O2S2. The Bertz CT molecular complexity index is 807. The Kier molecular flexibility index (Phi) is 9.08.